The molecule has 24 heavy (non-hydrogen) atoms. The number of para-hydroxylation sites is 1. The number of allylic oxidation sites excluding steroid dienone is 7. The molecule has 0 aromatic heterocycles. The van der Waals surface area contributed by atoms with Crippen LogP contribution in [0.2, 0.25) is 0 Å². The lowest BCUT2D eigenvalue weighted by Crippen LogP contribution is -2.25. The summed E-state index contributed by atoms with van der Waals surface area (Å²) in [7, 11) is 0. The molecular weight excluding hydrogens is 314 g/mol. The number of anilines is 1. The van der Waals surface area contributed by atoms with Crippen LogP contribution < -0.4 is 5.01 Å². The van der Waals surface area contributed by atoms with Crippen molar-refractivity contribution in [3.8, 4) is 0 Å². The smallest absolute Gasteiger partial charge is 0.270 e. The fraction of sp³-hybridized carbons (Fsp3) is 0.0625. The first-order chi connectivity index (χ1) is 11.5. The van der Waals surface area contributed by atoms with Crippen LogP contribution in [0.5, 0.6) is 0 Å². The number of benzene rings is 1. The molecule has 0 atom stereocenters. The van der Waals surface area contributed by atoms with Crippen LogP contribution in [0.4, 0.5) is 5.69 Å². The molecule has 0 spiro atoms. The predicted octanol–water partition coefficient (Wildman–Crippen LogP) is 2.35. The Morgan fingerprint density at radius 3 is 2.54 bits per heavy atom. The van der Waals surface area contributed by atoms with Gasteiger partial charge in [0, 0.05) is 24.1 Å². The molecule has 8 nitrogen and oxygen atoms in total. The van der Waals surface area contributed by atoms with Crippen LogP contribution in [0, 0.1) is 20.2 Å². The van der Waals surface area contributed by atoms with E-state index in [1.165, 1.54) is 12.2 Å². The maximum Gasteiger partial charge on any atom is 0.270 e. The van der Waals surface area contributed by atoms with Crippen molar-refractivity contribution in [2.24, 2.45) is 0 Å². The zero-order chi connectivity index (χ0) is 17.3. The molecule has 1 aromatic carbocycles. The van der Waals surface area contributed by atoms with E-state index in [2.05, 4.69) is 0 Å². The molecule has 0 bridgehead atoms. The average molecular weight is 325 g/mol. The summed E-state index contributed by atoms with van der Waals surface area (Å²) in [4.78, 5) is 33.3. The van der Waals surface area contributed by atoms with E-state index in [1.807, 2.05) is 0 Å². The number of carbonyl (C=O) groups excluding carboxylic acids is 1. The lowest BCUT2D eigenvalue weighted by atomic mass is 10.0. The van der Waals surface area contributed by atoms with Gasteiger partial charge in [-0.25, -0.2) is 10.1 Å². The molecule has 0 unspecified atom stereocenters. The van der Waals surface area contributed by atoms with E-state index < -0.39 is 9.96 Å². The summed E-state index contributed by atoms with van der Waals surface area (Å²) in [6.07, 6.45) is 6.55. The molecule has 0 amide bonds. The van der Waals surface area contributed by atoms with Crippen molar-refractivity contribution < 1.29 is 14.8 Å². The van der Waals surface area contributed by atoms with E-state index in [1.54, 1.807) is 24.3 Å². The fourth-order valence-corrected chi connectivity index (χ4v) is 2.58. The zero-order valence-electron chi connectivity index (χ0n) is 12.3. The van der Waals surface area contributed by atoms with Gasteiger partial charge in [0.15, 0.2) is 10.8 Å². The van der Waals surface area contributed by atoms with E-state index in [9.17, 15) is 25.0 Å². The minimum Gasteiger partial charge on any atom is -0.289 e. The molecule has 0 radical (unpaired) electrons. The van der Waals surface area contributed by atoms with Crippen molar-refractivity contribution in [2.75, 3.05) is 5.01 Å². The van der Waals surface area contributed by atoms with Crippen molar-refractivity contribution in [3.63, 3.8) is 0 Å². The highest BCUT2D eigenvalue weighted by molar-refractivity contribution is 6.07. The highest BCUT2D eigenvalue weighted by atomic mass is 16.7. The van der Waals surface area contributed by atoms with Gasteiger partial charge in [-0.3, -0.25) is 14.9 Å². The summed E-state index contributed by atoms with van der Waals surface area (Å²) in [6, 6.07) is 6.93. The van der Waals surface area contributed by atoms with Gasteiger partial charge >= 0.3 is 0 Å². The molecule has 120 valence electrons. The summed E-state index contributed by atoms with van der Waals surface area (Å²) < 4.78 is 0. The Bertz CT molecular complexity index is 879. The summed E-state index contributed by atoms with van der Waals surface area (Å²) in [5.41, 5.74) is 1.56. The molecule has 0 saturated heterocycles. The Labute approximate surface area is 136 Å². The molecule has 1 aromatic rings. The van der Waals surface area contributed by atoms with Crippen LogP contribution >= 0.6 is 0 Å². The van der Waals surface area contributed by atoms with Gasteiger partial charge in [-0.1, -0.05) is 23.2 Å². The van der Waals surface area contributed by atoms with Crippen molar-refractivity contribution in [1.82, 2.24) is 0 Å². The molecule has 0 fully saturated rings. The molecule has 1 heterocycles. The first kappa shape index (κ1) is 15.3. The Morgan fingerprint density at radius 2 is 1.83 bits per heavy atom. The van der Waals surface area contributed by atoms with E-state index in [0.29, 0.717) is 17.8 Å². The van der Waals surface area contributed by atoms with Crippen LogP contribution in [-0.4, -0.2) is 15.7 Å². The number of carbonyl (C=O) groups is 1. The monoisotopic (exact) mass is 325 g/mol. The quantitative estimate of drug-likeness (QED) is 0.479. The van der Waals surface area contributed by atoms with Crippen molar-refractivity contribution in [2.45, 2.75) is 6.42 Å². The normalized spacial score (nSPS) is 19.6. The fourth-order valence-electron chi connectivity index (χ4n) is 2.58. The molecule has 0 saturated carbocycles. The van der Waals surface area contributed by atoms with E-state index >= 15 is 0 Å². The zero-order valence-corrected chi connectivity index (χ0v) is 12.3. The minimum atomic E-state index is -0.599. The molecule has 1 aliphatic heterocycles. The van der Waals surface area contributed by atoms with Gasteiger partial charge in [0.2, 0.25) is 0 Å². The number of hydrazine groups is 1. The molecule has 8 heteroatoms. The van der Waals surface area contributed by atoms with Gasteiger partial charge in [0.1, 0.15) is 5.69 Å². The first-order valence-corrected chi connectivity index (χ1v) is 6.99. The van der Waals surface area contributed by atoms with Crippen LogP contribution in [-0.2, 0) is 11.2 Å². The Kier molecular flexibility index (Phi) is 3.78. The van der Waals surface area contributed by atoms with Gasteiger partial charge in [-0.15, -0.1) is 0 Å². The summed E-state index contributed by atoms with van der Waals surface area (Å²) >= 11 is 0. The van der Waals surface area contributed by atoms with E-state index in [0.717, 1.165) is 28.8 Å². The maximum absolute atomic E-state index is 11.8. The standard InChI is InChI=1S/C16H11N3O5/c20-16-8-7-14(18(21)22)10-12(16)5-6-13-9-11-3-1-2-4-15(11)17(13)19(23)24/h1-8,10H,9H2/b12-5-,13-6-. The number of rotatable bonds is 3. The van der Waals surface area contributed by atoms with Crippen LogP contribution in [0.3, 0.4) is 0 Å². The molecule has 2 aliphatic rings. The van der Waals surface area contributed by atoms with Gasteiger partial charge in [0.05, 0.1) is 10.6 Å². The van der Waals surface area contributed by atoms with Gasteiger partial charge in [-0.05, 0) is 29.9 Å². The highest BCUT2D eigenvalue weighted by Crippen LogP contribution is 2.34. The number of nitro groups is 2. The number of hydrogen-bond donors (Lipinski definition) is 0. The topological polar surface area (TPSA) is 107 Å². The lowest BCUT2D eigenvalue weighted by Gasteiger charge is -2.09. The van der Waals surface area contributed by atoms with Crippen LogP contribution in [0.25, 0.3) is 0 Å². The number of hydrogen-bond acceptors (Lipinski definition) is 5. The van der Waals surface area contributed by atoms with Gasteiger partial charge in [-0.2, -0.15) is 0 Å². The van der Waals surface area contributed by atoms with Crippen molar-refractivity contribution >= 4 is 11.5 Å². The van der Waals surface area contributed by atoms with Crippen LogP contribution in [0.1, 0.15) is 5.56 Å². The van der Waals surface area contributed by atoms with Gasteiger partial charge < -0.3 is 0 Å². The third-order valence-electron chi connectivity index (χ3n) is 3.69. The van der Waals surface area contributed by atoms with E-state index in [4.69, 9.17) is 0 Å². The predicted molar refractivity (Wildman–Crippen MR) is 85.0 cm³/mol. The molecule has 1 aliphatic carbocycles. The van der Waals surface area contributed by atoms with Crippen molar-refractivity contribution in [3.05, 3.63) is 97.4 Å². The lowest BCUT2D eigenvalue weighted by molar-refractivity contribution is -0.487. The average Bonchev–Trinajstić information content (AvgIpc) is 2.92. The van der Waals surface area contributed by atoms with Crippen LogP contribution in [0.15, 0.2) is 71.6 Å². The summed E-state index contributed by atoms with van der Waals surface area (Å²) in [5.74, 6) is -0.388. The Balaban J connectivity index is 1.97. The Hall–Kier alpha value is -3.55. The SMILES string of the molecule is O=C1C=CC([N+](=O)[O-])=C/C1=C/C=C1/Cc2ccccc2N1[N+](=O)[O-]. The number of nitrogens with zero attached hydrogens (tertiary/aromatic N) is 3. The summed E-state index contributed by atoms with van der Waals surface area (Å²) in [6.45, 7) is 0. The maximum atomic E-state index is 11.8. The molecule has 0 N–H and O–H groups in total. The minimum absolute atomic E-state index is 0.107. The largest absolute Gasteiger partial charge is 0.289 e. The highest BCUT2D eigenvalue weighted by Gasteiger charge is 2.32. The van der Waals surface area contributed by atoms with Crippen molar-refractivity contribution in [1.29, 1.82) is 0 Å². The molecule has 3 rings (SSSR count). The third kappa shape index (κ3) is 2.72. The number of ketones is 1. The third-order valence-corrected chi connectivity index (χ3v) is 3.69. The first-order valence-electron chi connectivity index (χ1n) is 6.99. The van der Waals surface area contributed by atoms with E-state index in [-0.39, 0.29) is 17.1 Å². The second-order valence-electron chi connectivity index (χ2n) is 5.16. The molecular formula is C16H11N3O5. The second kappa shape index (κ2) is 5.92. The van der Waals surface area contributed by atoms with Gasteiger partial charge in [0.25, 0.3) is 5.70 Å². The summed E-state index contributed by atoms with van der Waals surface area (Å²) in [5, 5.41) is 22.5. The Morgan fingerprint density at radius 1 is 1.08 bits per heavy atom. The second-order valence-corrected chi connectivity index (χ2v) is 5.16. The number of fused-ring (bicyclic) bond motifs is 1.